The molecule has 2 N–H and O–H groups in total. The molecule has 2 bridgehead atoms. The Bertz CT molecular complexity index is 255. The minimum atomic E-state index is -0.326. The Kier molecular flexibility index (Phi) is 3.69. The summed E-state index contributed by atoms with van der Waals surface area (Å²) in [7, 11) is 0. The van der Waals surface area contributed by atoms with Crippen molar-refractivity contribution in [1.29, 1.82) is 0 Å². The van der Waals surface area contributed by atoms with Crippen LogP contribution in [0.1, 0.15) is 38.5 Å². The molecule has 0 aromatic heterocycles. The van der Waals surface area contributed by atoms with E-state index in [4.69, 9.17) is 4.74 Å². The normalized spacial score (nSPS) is 37.6. The summed E-state index contributed by atoms with van der Waals surface area (Å²) in [4.78, 5) is 0. The maximum absolute atomic E-state index is 9.83. The lowest BCUT2D eigenvalue weighted by atomic mass is 9.95. The summed E-state index contributed by atoms with van der Waals surface area (Å²) in [6, 6.07) is 0.673. The van der Waals surface area contributed by atoms with Crippen molar-refractivity contribution in [1.82, 2.24) is 5.32 Å². The Morgan fingerprint density at radius 3 is 2.71 bits per heavy atom. The van der Waals surface area contributed by atoms with Crippen LogP contribution < -0.4 is 5.32 Å². The van der Waals surface area contributed by atoms with Gasteiger partial charge in [0, 0.05) is 19.2 Å². The van der Waals surface area contributed by atoms with E-state index in [1.807, 2.05) is 0 Å². The number of nitrogens with one attached hydrogen (secondary N) is 1. The number of ether oxygens (including phenoxy) is 1. The topological polar surface area (TPSA) is 41.5 Å². The van der Waals surface area contributed by atoms with Crippen LogP contribution in [-0.4, -0.2) is 37.0 Å². The fraction of sp³-hybridized carbons (Fsp3) is 1.00. The fourth-order valence-corrected chi connectivity index (χ4v) is 3.50. The number of rotatable bonds is 7. The predicted molar refractivity (Wildman–Crippen MR) is 66.8 cm³/mol. The Balaban J connectivity index is 1.28. The number of aliphatic hydroxyl groups is 1. The van der Waals surface area contributed by atoms with E-state index in [9.17, 15) is 5.11 Å². The zero-order chi connectivity index (χ0) is 11.7. The quantitative estimate of drug-likeness (QED) is 0.708. The largest absolute Gasteiger partial charge is 0.389 e. The molecule has 3 rings (SSSR count). The number of aliphatic hydroxyl groups excluding tert-OH is 1. The molecule has 3 nitrogen and oxygen atoms in total. The average Bonchev–Trinajstić information content (AvgIpc) is 2.91. The maximum atomic E-state index is 9.83. The molecule has 0 radical (unpaired) electrons. The second-order valence-electron chi connectivity index (χ2n) is 6.32. The molecule has 0 spiro atoms. The average molecular weight is 239 g/mol. The summed E-state index contributed by atoms with van der Waals surface area (Å²) >= 11 is 0. The second-order valence-corrected chi connectivity index (χ2v) is 6.32. The van der Waals surface area contributed by atoms with Crippen LogP contribution in [0.5, 0.6) is 0 Å². The van der Waals surface area contributed by atoms with Crippen LogP contribution >= 0.6 is 0 Å². The summed E-state index contributed by atoms with van der Waals surface area (Å²) in [5.74, 6) is 2.65. The standard InChI is InChI=1S/C14H25NO2/c16-13(9-17-8-10-1-2-10)7-15-14-6-11-3-4-12(14)5-11/h10-16H,1-9H2. The lowest BCUT2D eigenvalue weighted by Gasteiger charge is -2.24. The highest BCUT2D eigenvalue weighted by Crippen LogP contribution is 2.44. The van der Waals surface area contributed by atoms with E-state index in [-0.39, 0.29) is 6.10 Å². The molecule has 0 amide bonds. The van der Waals surface area contributed by atoms with Crippen LogP contribution in [0.4, 0.5) is 0 Å². The van der Waals surface area contributed by atoms with E-state index in [0.717, 1.165) is 24.4 Å². The van der Waals surface area contributed by atoms with Crippen molar-refractivity contribution in [2.45, 2.75) is 50.7 Å². The van der Waals surface area contributed by atoms with E-state index < -0.39 is 0 Å². The first-order chi connectivity index (χ1) is 8.31. The van der Waals surface area contributed by atoms with Gasteiger partial charge in [-0.25, -0.2) is 0 Å². The molecule has 3 aliphatic rings. The van der Waals surface area contributed by atoms with Crippen molar-refractivity contribution >= 4 is 0 Å². The van der Waals surface area contributed by atoms with Crippen LogP contribution in [0, 0.1) is 17.8 Å². The van der Waals surface area contributed by atoms with Gasteiger partial charge in [0.15, 0.2) is 0 Å². The monoisotopic (exact) mass is 239 g/mol. The molecular formula is C14H25NO2. The summed E-state index contributed by atoms with van der Waals surface area (Å²) < 4.78 is 5.51. The Hall–Kier alpha value is -0.120. The van der Waals surface area contributed by atoms with E-state index in [2.05, 4.69) is 5.32 Å². The lowest BCUT2D eigenvalue weighted by Crippen LogP contribution is -2.40. The first-order valence-corrected chi connectivity index (χ1v) is 7.30. The highest BCUT2D eigenvalue weighted by molar-refractivity contribution is 4.94. The van der Waals surface area contributed by atoms with Gasteiger partial charge in [-0.05, 0) is 49.9 Å². The number of fused-ring (bicyclic) bond motifs is 2. The van der Waals surface area contributed by atoms with Crippen LogP contribution in [-0.2, 0) is 4.74 Å². The van der Waals surface area contributed by atoms with Gasteiger partial charge in [0.25, 0.3) is 0 Å². The van der Waals surface area contributed by atoms with E-state index in [0.29, 0.717) is 19.2 Å². The van der Waals surface area contributed by atoms with Crippen molar-refractivity contribution in [3.63, 3.8) is 0 Å². The summed E-state index contributed by atoms with van der Waals surface area (Å²) in [5, 5.41) is 13.4. The Morgan fingerprint density at radius 1 is 1.18 bits per heavy atom. The first kappa shape index (κ1) is 11.9. The molecule has 0 aromatic carbocycles. The molecule has 3 heteroatoms. The summed E-state index contributed by atoms with van der Waals surface area (Å²) in [5.41, 5.74) is 0. The van der Waals surface area contributed by atoms with Crippen molar-refractivity contribution in [3.8, 4) is 0 Å². The van der Waals surface area contributed by atoms with Gasteiger partial charge in [-0.3, -0.25) is 0 Å². The van der Waals surface area contributed by atoms with Crippen LogP contribution in [0.2, 0.25) is 0 Å². The first-order valence-electron chi connectivity index (χ1n) is 7.30. The molecule has 0 heterocycles. The minimum absolute atomic E-state index is 0.326. The molecule has 3 fully saturated rings. The SMILES string of the molecule is OC(CNC1CC2CCC1C2)COCC1CC1. The molecule has 4 unspecified atom stereocenters. The Labute approximate surface area is 104 Å². The second kappa shape index (κ2) is 5.25. The van der Waals surface area contributed by atoms with Crippen LogP contribution in [0.15, 0.2) is 0 Å². The molecule has 0 aromatic rings. The molecule has 4 atom stereocenters. The molecular weight excluding hydrogens is 214 g/mol. The summed E-state index contributed by atoms with van der Waals surface area (Å²) in [6.45, 7) is 2.06. The van der Waals surface area contributed by atoms with Gasteiger partial charge >= 0.3 is 0 Å². The highest BCUT2D eigenvalue weighted by atomic mass is 16.5. The number of hydrogen-bond acceptors (Lipinski definition) is 3. The highest BCUT2D eigenvalue weighted by Gasteiger charge is 2.39. The maximum Gasteiger partial charge on any atom is 0.0897 e. The fourth-order valence-electron chi connectivity index (χ4n) is 3.50. The zero-order valence-corrected chi connectivity index (χ0v) is 10.6. The third-order valence-electron chi connectivity index (χ3n) is 4.71. The predicted octanol–water partition coefficient (Wildman–Crippen LogP) is 1.55. The van der Waals surface area contributed by atoms with Crippen LogP contribution in [0.3, 0.4) is 0 Å². The molecule has 0 saturated heterocycles. The molecule has 3 aliphatic carbocycles. The van der Waals surface area contributed by atoms with Gasteiger partial charge in [-0.2, -0.15) is 0 Å². The molecule has 98 valence electrons. The van der Waals surface area contributed by atoms with E-state index >= 15 is 0 Å². The van der Waals surface area contributed by atoms with Gasteiger partial charge in [-0.1, -0.05) is 6.42 Å². The minimum Gasteiger partial charge on any atom is -0.389 e. The molecule has 3 saturated carbocycles. The van der Waals surface area contributed by atoms with Crippen molar-refractivity contribution in [2.75, 3.05) is 19.8 Å². The van der Waals surface area contributed by atoms with Gasteiger partial charge in [0.05, 0.1) is 12.7 Å². The number of hydrogen-bond donors (Lipinski definition) is 2. The summed E-state index contributed by atoms with van der Waals surface area (Å²) in [6.07, 6.45) is 7.91. The lowest BCUT2D eigenvalue weighted by molar-refractivity contribution is 0.0303. The van der Waals surface area contributed by atoms with Crippen molar-refractivity contribution in [2.24, 2.45) is 17.8 Å². The molecule has 0 aliphatic heterocycles. The Morgan fingerprint density at radius 2 is 2.06 bits per heavy atom. The van der Waals surface area contributed by atoms with E-state index in [1.54, 1.807) is 0 Å². The smallest absolute Gasteiger partial charge is 0.0897 e. The third kappa shape index (κ3) is 3.21. The zero-order valence-electron chi connectivity index (χ0n) is 10.6. The van der Waals surface area contributed by atoms with Crippen molar-refractivity contribution in [3.05, 3.63) is 0 Å². The van der Waals surface area contributed by atoms with Gasteiger partial charge in [0.2, 0.25) is 0 Å². The van der Waals surface area contributed by atoms with Gasteiger partial charge in [-0.15, -0.1) is 0 Å². The van der Waals surface area contributed by atoms with E-state index in [1.165, 1.54) is 38.5 Å². The van der Waals surface area contributed by atoms with Gasteiger partial charge in [0.1, 0.15) is 0 Å². The third-order valence-corrected chi connectivity index (χ3v) is 4.71. The van der Waals surface area contributed by atoms with Crippen molar-refractivity contribution < 1.29 is 9.84 Å². The molecule has 17 heavy (non-hydrogen) atoms. The van der Waals surface area contributed by atoms with Crippen LogP contribution in [0.25, 0.3) is 0 Å². The van der Waals surface area contributed by atoms with Gasteiger partial charge < -0.3 is 15.2 Å².